The number of likely N-dealkylation sites (tertiary alicyclic amines) is 1. The summed E-state index contributed by atoms with van der Waals surface area (Å²) < 4.78 is 1.38. The number of nitrogens with zero attached hydrogens (tertiary/aromatic N) is 2. The van der Waals surface area contributed by atoms with E-state index in [1.807, 2.05) is 18.2 Å². The van der Waals surface area contributed by atoms with Gasteiger partial charge in [-0.25, -0.2) is 4.68 Å². The molecule has 0 spiro atoms. The second-order valence-electron chi connectivity index (χ2n) is 6.77. The van der Waals surface area contributed by atoms with Gasteiger partial charge in [0, 0.05) is 24.0 Å². The van der Waals surface area contributed by atoms with Crippen LogP contribution < -0.4 is 10.9 Å². The highest BCUT2D eigenvalue weighted by atomic mass is 32.1. The van der Waals surface area contributed by atoms with Gasteiger partial charge in [-0.05, 0) is 43.0 Å². The highest BCUT2D eigenvalue weighted by Crippen LogP contribution is 2.16. The standard InChI is InChI=1S/C19H22N4O2S/c24-18(13-23-19(25)16-7-1-2-8-17(16)21-23)20-14-5-3-9-22(11-14)12-15-6-4-10-26-15/h1-2,4,6-8,10,14,21H,3,5,9,11-13H2,(H,20,24)/t14-/m0/s1. The molecule has 3 heterocycles. The molecule has 0 unspecified atom stereocenters. The number of thiophene rings is 1. The van der Waals surface area contributed by atoms with Crippen LogP contribution in [0.3, 0.4) is 0 Å². The lowest BCUT2D eigenvalue weighted by Crippen LogP contribution is -2.48. The second kappa shape index (κ2) is 7.47. The number of fused-ring (bicyclic) bond motifs is 1. The molecule has 3 aromatic rings. The second-order valence-corrected chi connectivity index (χ2v) is 7.80. The molecule has 1 aromatic carbocycles. The van der Waals surface area contributed by atoms with Gasteiger partial charge in [0.1, 0.15) is 6.54 Å². The predicted octanol–water partition coefficient (Wildman–Crippen LogP) is 2.17. The van der Waals surface area contributed by atoms with Crippen LogP contribution in [0.25, 0.3) is 10.9 Å². The minimum absolute atomic E-state index is 0.0228. The van der Waals surface area contributed by atoms with E-state index in [-0.39, 0.29) is 24.1 Å². The minimum Gasteiger partial charge on any atom is -0.350 e. The lowest BCUT2D eigenvalue weighted by atomic mass is 10.1. The van der Waals surface area contributed by atoms with Gasteiger partial charge in [0.15, 0.2) is 0 Å². The molecule has 1 amide bonds. The van der Waals surface area contributed by atoms with E-state index in [1.54, 1.807) is 17.4 Å². The molecule has 4 rings (SSSR count). The predicted molar refractivity (Wildman–Crippen MR) is 103 cm³/mol. The molecule has 26 heavy (non-hydrogen) atoms. The summed E-state index contributed by atoms with van der Waals surface area (Å²) in [6, 6.07) is 11.7. The molecule has 136 valence electrons. The molecular weight excluding hydrogens is 348 g/mol. The van der Waals surface area contributed by atoms with E-state index in [9.17, 15) is 9.59 Å². The van der Waals surface area contributed by atoms with Crippen molar-refractivity contribution in [3.8, 4) is 0 Å². The van der Waals surface area contributed by atoms with Gasteiger partial charge >= 0.3 is 0 Å². The van der Waals surface area contributed by atoms with Gasteiger partial charge in [-0.15, -0.1) is 11.3 Å². The lowest BCUT2D eigenvalue weighted by molar-refractivity contribution is -0.123. The number of para-hydroxylation sites is 1. The van der Waals surface area contributed by atoms with Crippen molar-refractivity contribution < 1.29 is 4.79 Å². The number of hydrogen-bond acceptors (Lipinski definition) is 4. The number of H-pyrrole nitrogens is 1. The number of carbonyl (C=O) groups is 1. The summed E-state index contributed by atoms with van der Waals surface area (Å²) in [6.07, 6.45) is 2.05. The number of rotatable bonds is 5. The zero-order chi connectivity index (χ0) is 17.9. The van der Waals surface area contributed by atoms with Crippen molar-refractivity contribution in [2.45, 2.75) is 32.0 Å². The van der Waals surface area contributed by atoms with Gasteiger partial charge in [0.05, 0.1) is 10.9 Å². The molecule has 6 nitrogen and oxygen atoms in total. The van der Waals surface area contributed by atoms with E-state index in [2.05, 4.69) is 32.8 Å². The Bertz CT molecular complexity index is 944. The molecule has 0 aliphatic carbocycles. The molecule has 0 radical (unpaired) electrons. The number of carbonyl (C=O) groups excluding carboxylic acids is 1. The molecule has 2 N–H and O–H groups in total. The van der Waals surface area contributed by atoms with Crippen molar-refractivity contribution in [3.63, 3.8) is 0 Å². The normalized spacial score (nSPS) is 18.2. The van der Waals surface area contributed by atoms with Crippen molar-refractivity contribution in [1.29, 1.82) is 0 Å². The molecule has 1 aliphatic rings. The van der Waals surface area contributed by atoms with Crippen molar-refractivity contribution in [1.82, 2.24) is 20.0 Å². The van der Waals surface area contributed by atoms with Gasteiger partial charge in [-0.2, -0.15) is 0 Å². The van der Waals surface area contributed by atoms with Gasteiger partial charge in [0.25, 0.3) is 5.56 Å². The summed E-state index contributed by atoms with van der Waals surface area (Å²) in [5, 5.41) is 8.80. The average molecular weight is 370 g/mol. The first-order valence-electron chi connectivity index (χ1n) is 8.91. The van der Waals surface area contributed by atoms with Crippen molar-refractivity contribution in [2.24, 2.45) is 0 Å². The summed E-state index contributed by atoms with van der Waals surface area (Å²) in [7, 11) is 0. The zero-order valence-electron chi connectivity index (χ0n) is 14.5. The summed E-state index contributed by atoms with van der Waals surface area (Å²) in [5.41, 5.74) is 0.601. The molecule has 7 heteroatoms. The fourth-order valence-corrected chi connectivity index (χ4v) is 4.32. The van der Waals surface area contributed by atoms with Crippen LogP contribution in [0.2, 0.25) is 0 Å². The Kier molecular flexibility index (Phi) is 4.90. The van der Waals surface area contributed by atoms with Crippen molar-refractivity contribution in [2.75, 3.05) is 13.1 Å². The van der Waals surface area contributed by atoms with E-state index in [0.717, 1.165) is 38.0 Å². The largest absolute Gasteiger partial charge is 0.350 e. The van der Waals surface area contributed by atoms with Crippen LogP contribution in [0.15, 0.2) is 46.6 Å². The molecular formula is C19H22N4O2S. The topological polar surface area (TPSA) is 70.1 Å². The molecule has 2 aromatic heterocycles. The third kappa shape index (κ3) is 3.73. The SMILES string of the molecule is O=C(Cn1[nH]c2ccccc2c1=O)N[C@H]1CCCN(Cc2cccs2)C1. The minimum atomic E-state index is -0.154. The Morgan fingerprint density at radius 3 is 2.96 bits per heavy atom. The van der Waals surface area contributed by atoms with Gasteiger partial charge < -0.3 is 5.32 Å². The Hall–Kier alpha value is -2.38. The number of aromatic amines is 1. The summed E-state index contributed by atoms with van der Waals surface area (Å²) in [4.78, 5) is 28.5. The first kappa shape index (κ1) is 17.1. The number of aromatic nitrogens is 2. The highest BCUT2D eigenvalue weighted by Gasteiger charge is 2.22. The van der Waals surface area contributed by atoms with Crippen LogP contribution in [0, 0.1) is 0 Å². The Balaban J connectivity index is 1.36. The summed E-state index contributed by atoms with van der Waals surface area (Å²) in [6.45, 7) is 2.87. The van der Waals surface area contributed by atoms with Gasteiger partial charge in [-0.1, -0.05) is 18.2 Å². The molecule has 1 atom stereocenters. The quantitative estimate of drug-likeness (QED) is 0.723. The smallest absolute Gasteiger partial charge is 0.274 e. The fourth-order valence-electron chi connectivity index (χ4n) is 3.58. The first-order valence-corrected chi connectivity index (χ1v) is 9.78. The Morgan fingerprint density at radius 2 is 2.15 bits per heavy atom. The zero-order valence-corrected chi connectivity index (χ0v) is 15.3. The third-order valence-electron chi connectivity index (χ3n) is 4.79. The monoisotopic (exact) mass is 370 g/mol. The Labute approximate surface area is 155 Å². The van der Waals surface area contributed by atoms with E-state index < -0.39 is 0 Å². The van der Waals surface area contributed by atoms with E-state index >= 15 is 0 Å². The molecule has 0 bridgehead atoms. The molecule has 1 aliphatic heterocycles. The lowest BCUT2D eigenvalue weighted by Gasteiger charge is -2.32. The molecule has 1 saturated heterocycles. The number of hydrogen-bond donors (Lipinski definition) is 2. The summed E-state index contributed by atoms with van der Waals surface area (Å²) >= 11 is 1.77. The van der Waals surface area contributed by atoms with Crippen LogP contribution in [-0.2, 0) is 17.9 Å². The average Bonchev–Trinajstić information content (AvgIpc) is 3.24. The van der Waals surface area contributed by atoms with Crippen LogP contribution in [0.5, 0.6) is 0 Å². The number of nitrogens with one attached hydrogen (secondary N) is 2. The fraction of sp³-hybridized carbons (Fsp3) is 0.368. The maximum Gasteiger partial charge on any atom is 0.274 e. The van der Waals surface area contributed by atoms with Crippen LogP contribution in [0.1, 0.15) is 17.7 Å². The molecule has 1 fully saturated rings. The number of piperidine rings is 1. The molecule has 0 saturated carbocycles. The van der Waals surface area contributed by atoms with E-state index in [4.69, 9.17) is 0 Å². The van der Waals surface area contributed by atoms with Crippen molar-refractivity contribution in [3.05, 3.63) is 57.0 Å². The highest BCUT2D eigenvalue weighted by molar-refractivity contribution is 7.09. The van der Waals surface area contributed by atoms with Gasteiger partial charge in [0.2, 0.25) is 5.91 Å². The van der Waals surface area contributed by atoms with Gasteiger partial charge in [-0.3, -0.25) is 19.6 Å². The van der Waals surface area contributed by atoms with Crippen LogP contribution in [-0.4, -0.2) is 39.7 Å². The maximum absolute atomic E-state index is 12.4. The Morgan fingerprint density at radius 1 is 1.27 bits per heavy atom. The summed E-state index contributed by atoms with van der Waals surface area (Å²) in [5.74, 6) is -0.123. The maximum atomic E-state index is 12.4. The van der Waals surface area contributed by atoms with Crippen molar-refractivity contribution >= 4 is 28.1 Å². The van der Waals surface area contributed by atoms with Crippen LogP contribution >= 0.6 is 11.3 Å². The van der Waals surface area contributed by atoms with Crippen LogP contribution in [0.4, 0.5) is 0 Å². The third-order valence-corrected chi connectivity index (χ3v) is 5.65. The number of amides is 1. The number of benzene rings is 1. The van der Waals surface area contributed by atoms with E-state index in [0.29, 0.717) is 5.39 Å². The van der Waals surface area contributed by atoms with E-state index in [1.165, 1.54) is 9.56 Å². The first-order chi connectivity index (χ1) is 12.7.